The van der Waals surface area contributed by atoms with Gasteiger partial charge in [0.2, 0.25) is 5.91 Å². The number of halogens is 2. The number of benzene rings is 1. The van der Waals surface area contributed by atoms with Gasteiger partial charge in [-0.15, -0.1) is 12.4 Å². The van der Waals surface area contributed by atoms with E-state index in [9.17, 15) is 4.79 Å². The zero-order valence-electron chi connectivity index (χ0n) is 11.1. The first-order valence-corrected chi connectivity index (χ1v) is 6.72. The van der Waals surface area contributed by atoms with E-state index in [-0.39, 0.29) is 30.3 Å². The van der Waals surface area contributed by atoms with Gasteiger partial charge in [0.1, 0.15) is 11.9 Å². The fourth-order valence-electron chi connectivity index (χ4n) is 1.32. The van der Waals surface area contributed by atoms with E-state index in [4.69, 9.17) is 10.5 Å². The number of hydrogen-bond acceptors (Lipinski definition) is 3. The molecule has 0 aliphatic rings. The highest BCUT2D eigenvalue weighted by Crippen LogP contribution is 2.24. The quantitative estimate of drug-likeness (QED) is 0.827. The van der Waals surface area contributed by atoms with Gasteiger partial charge in [0, 0.05) is 12.5 Å². The van der Waals surface area contributed by atoms with Crippen molar-refractivity contribution < 1.29 is 9.53 Å². The molecule has 0 radical (unpaired) electrons. The van der Waals surface area contributed by atoms with Crippen molar-refractivity contribution in [2.75, 3.05) is 13.1 Å². The van der Waals surface area contributed by atoms with E-state index >= 15 is 0 Å². The Labute approximate surface area is 128 Å². The van der Waals surface area contributed by atoms with Crippen LogP contribution in [0.25, 0.3) is 0 Å². The minimum Gasteiger partial charge on any atom is -0.488 e. The van der Waals surface area contributed by atoms with Crippen molar-refractivity contribution in [2.24, 2.45) is 11.7 Å². The molecule has 1 aromatic rings. The lowest BCUT2D eigenvalue weighted by atomic mass is 10.1. The van der Waals surface area contributed by atoms with Crippen molar-refractivity contribution in [3.05, 3.63) is 28.7 Å². The molecule has 0 aliphatic carbocycles. The van der Waals surface area contributed by atoms with Crippen molar-refractivity contribution in [3.8, 4) is 5.75 Å². The molecule has 0 fully saturated rings. The van der Waals surface area contributed by atoms with Gasteiger partial charge >= 0.3 is 0 Å². The van der Waals surface area contributed by atoms with E-state index < -0.39 is 0 Å². The third kappa shape index (κ3) is 6.27. The summed E-state index contributed by atoms with van der Waals surface area (Å²) in [6.45, 7) is 4.53. The molecule has 108 valence electrons. The van der Waals surface area contributed by atoms with Gasteiger partial charge in [-0.1, -0.05) is 19.1 Å². The van der Waals surface area contributed by atoms with E-state index in [1.54, 1.807) is 6.92 Å². The van der Waals surface area contributed by atoms with Gasteiger partial charge in [0.15, 0.2) is 0 Å². The number of carbonyl (C=O) groups excluding carboxylic acids is 1. The third-order valence-electron chi connectivity index (χ3n) is 2.53. The SMILES string of the molecule is CC(CNC(=O)C(C)CN)Oc1ccccc1Br.Cl. The van der Waals surface area contributed by atoms with E-state index in [2.05, 4.69) is 21.2 Å². The normalized spacial score (nSPS) is 13.1. The Hall–Kier alpha value is -0.780. The van der Waals surface area contributed by atoms with Crippen LogP contribution < -0.4 is 15.8 Å². The first-order chi connectivity index (χ1) is 8.54. The average Bonchev–Trinajstić information content (AvgIpc) is 2.37. The van der Waals surface area contributed by atoms with Crippen LogP contribution in [-0.2, 0) is 4.79 Å². The summed E-state index contributed by atoms with van der Waals surface area (Å²) in [6, 6.07) is 7.62. The van der Waals surface area contributed by atoms with E-state index in [1.165, 1.54) is 0 Å². The van der Waals surface area contributed by atoms with Gasteiger partial charge < -0.3 is 15.8 Å². The van der Waals surface area contributed by atoms with Crippen LogP contribution in [0.1, 0.15) is 13.8 Å². The topological polar surface area (TPSA) is 64.4 Å². The summed E-state index contributed by atoms with van der Waals surface area (Å²) in [6.07, 6.45) is -0.0994. The van der Waals surface area contributed by atoms with Crippen LogP contribution in [0, 0.1) is 5.92 Å². The Kier molecular flexibility index (Phi) is 8.80. The number of rotatable bonds is 6. The Morgan fingerprint density at radius 3 is 2.63 bits per heavy atom. The molecule has 6 heteroatoms. The molecule has 1 rings (SSSR count). The van der Waals surface area contributed by atoms with Crippen LogP contribution in [0.3, 0.4) is 0 Å². The maximum absolute atomic E-state index is 11.5. The molecule has 2 atom stereocenters. The lowest BCUT2D eigenvalue weighted by molar-refractivity contribution is -0.124. The Morgan fingerprint density at radius 2 is 2.05 bits per heavy atom. The van der Waals surface area contributed by atoms with Crippen molar-refractivity contribution in [1.82, 2.24) is 5.32 Å². The molecule has 4 nitrogen and oxygen atoms in total. The molecule has 0 aromatic heterocycles. The van der Waals surface area contributed by atoms with Crippen molar-refractivity contribution in [2.45, 2.75) is 20.0 Å². The van der Waals surface area contributed by atoms with Crippen LogP contribution in [0.15, 0.2) is 28.7 Å². The predicted octanol–water partition coefficient (Wildman–Crippen LogP) is 2.35. The third-order valence-corrected chi connectivity index (χ3v) is 3.18. The molecule has 19 heavy (non-hydrogen) atoms. The minimum atomic E-state index is -0.166. The second-order valence-electron chi connectivity index (χ2n) is 4.24. The molecular formula is C13H20BrClN2O2. The van der Waals surface area contributed by atoms with E-state index in [1.807, 2.05) is 31.2 Å². The van der Waals surface area contributed by atoms with E-state index in [0.717, 1.165) is 10.2 Å². The lowest BCUT2D eigenvalue weighted by Gasteiger charge is -2.17. The second kappa shape index (κ2) is 9.18. The summed E-state index contributed by atoms with van der Waals surface area (Å²) in [5.74, 6) is 0.562. The summed E-state index contributed by atoms with van der Waals surface area (Å²) >= 11 is 3.41. The number of hydrogen-bond donors (Lipinski definition) is 2. The number of carbonyl (C=O) groups is 1. The molecule has 0 heterocycles. The van der Waals surface area contributed by atoms with Crippen LogP contribution in [0.5, 0.6) is 5.75 Å². The van der Waals surface area contributed by atoms with Gasteiger partial charge in [-0.05, 0) is 35.0 Å². The Bertz CT molecular complexity index is 404. The first kappa shape index (κ1) is 18.2. The van der Waals surface area contributed by atoms with Gasteiger partial charge in [-0.2, -0.15) is 0 Å². The summed E-state index contributed by atoms with van der Waals surface area (Å²) in [5, 5.41) is 2.81. The maximum Gasteiger partial charge on any atom is 0.224 e. The summed E-state index contributed by atoms with van der Waals surface area (Å²) in [7, 11) is 0. The van der Waals surface area contributed by atoms with Crippen LogP contribution >= 0.6 is 28.3 Å². The number of para-hydroxylation sites is 1. The molecular weight excluding hydrogens is 332 g/mol. The van der Waals surface area contributed by atoms with Gasteiger partial charge in [0.05, 0.1) is 11.0 Å². The molecule has 0 saturated carbocycles. The van der Waals surface area contributed by atoms with Crippen molar-refractivity contribution in [1.29, 1.82) is 0 Å². The Morgan fingerprint density at radius 1 is 1.42 bits per heavy atom. The minimum absolute atomic E-state index is 0. The maximum atomic E-state index is 11.5. The zero-order chi connectivity index (χ0) is 13.5. The molecule has 0 saturated heterocycles. The van der Waals surface area contributed by atoms with Crippen molar-refractivity contribution >= 4 is 34.2 Å². The predicted molar refractivity (Wildman–Crippen MR) is 82.7 cm³/mol. The highest BCUT2D eigenvalue weighted by atomic mass is 79.9. The highest BCUT2D eigenvalue weighted by molar-refractivity contribution is 9.10. The molecule has 2 unspecified atom stereocenters. The van der Waals surface area contributed by atoms with Gasteiger partial charge in [-0.3, -0.25) is 4.79 Å². The summed E-state index contributed by atoms with van der Waals surface area (Å²) < 4.78 is 6.62. The first-order valence-electron chi connectivity index (χ1n) is 5.93. The molecule has 0 bridgehead atoms. The Balaban J connectivity index is 0.00000324. The molecule has 0 aliphatic heterocycles. The highest BCUT2D eigenvalue weighted by Gasteiger charge is 2.12. The second-order valence-corrected chi connectivity index (χ2v) is 5.10. The molecule has 1 aromatic carbocycles. The fraction of sp³-hybridized carbons (Fsp3) is 0.462. The standard InChI is InChI=1S/C13H19BrN2O2.ClH/c1-9(7-15)13(17)16-8-10(2)18-12-6-4-3-5-11(12)14;/h3-6,9-10H,7-8,15H2,1-2H3,(H,16,17);1H. The molecule has 3 N–H and O–H groups in total. The number of amides is 1. The number of nitrogens with one attached hydrogen (secondary N) is 1. The van der Waals surface area contributed by atoms with Gasteiger partial charge in [0.25, 0.3) is 0 Å². The van der Waals surface area contributed by atoms with Crippen molar-refractivity contribution in [3.63, 3.8) is 0 Å². The van der Waals surface area contributed by atoms with Crippen LogP contribution in [-0.4, -0.2) is 25.1 Å². The summed E-state index contributed by atoms with van der Waals surface area (Å²) in [4.78, 5) is 11.5. The molecule has 1 amide bonds. The summed E-state index contributed by atoms with van der Waals surface area (Å²) in [5.41, 5.74) is 5.42. The smallest absolute Gasteiger partial charge is 0.224 e. The lowest BCUT2D eigenvalue weighted by Crippen LogP contribution is -2.38. The number of nitrogens with two attached hydrogens (primary N) is 1. The van der Waals surface area contributed by atoms with Crippen LogP contribution in [0.4, 0.5) is 0 Å². The van der Waals surface area contributed by atoms with Crippen LogP contribution in [0.2, 0.25) is 0 Å². The monoisotopic (exact) mass is 350 g/mol. The largest absolute Gasteiger partial charge is 0.488 e. The zero-order valence-corrected chi connectivity index (χ0v) is 13.5. The van der Waals surface area contributed by atoms with Gasteiger partial charge in [-0.25, -0.2) is 0 Å². The molecule has 0 spiro atoms. The number of ether oxygens (including phenoxy) is 1. The average molecular weight is 352 g/mol. The van der Waals surface area contributed by atoms with E-state index in [0.29, 0.717) is 13.1 Å². The fourth-order valence-corrected chi connectivity index (χ4v) is 1.70.